The number of ether oxygens (including phenoxy) is 1. The van der Waals surface area contributed by atoms with Crippen molar-refractivity contribution >= 4 is 35.7 Å². The number of carbonyl (C=O) groups excluding carboxylic acids is 3. The normalized spacial score (nSPS) is 23.0. The number of carbonyl (C=O) groups is 3. The molecule has 3 rings (SSSR count). The van der Waals surface area contributed by atoms with Crippen LogP contribution in [0.3, 0.4) is 0 Å². The minimum atomic E-state index is -1.52. The van der Waals surface area contributed by atoms with Gasteiger partial charge in [-0.15, -0.1) is 0 Å². The third kappa shape index (κ3) is 3.11. The highest BCUT2D eigenvalue weighted by Gasteiger charge is 2.55. The first-order valence-corrected chi connectivity index (χ1v) is 10.1. The van der Waals surface area contributed by atoms with Crippen LogP contribution in [-0.4, -0.2) is 47.0 Å². The number of aromatic nitrogens is 2. The van der Waals surface area contributed by atoms with E-state index in [9.17, 15) is 14.4 Å². The molecule has 1 atom stereocenters. The summed E-state index contributed by atoms with van der Waals surface area (Å²) in [6.07, 6.45) is 7.86. The molecule has 0 spiro atoms. The maximum absolute atomic E-state index is 13.5. The van der Waals surface area contributed by atoms with Gasteiger partial charge in [0.2, 0.25) is 5.91 Å². The summed E-state index contributed by atoms with van der Waals surface area (Å²) in [5, 5.41) is 0.582. The fourth-order valence-corrected chi connectivity index (χ4v) is 4.19. The molecule has 0 N–H and O–H groups in total. The molecule has 1 aromatic rings. The Bertz CT molecular complexity index is 720. The zero-order chi connectivity index (χ0) is 18.7. The lowest BCUT2D eigenvalue weighted by Crippen LogP contribution is -2.57. The average Bonchev–Trinajstić information content (AvgIpc) is 3.16. The number of hydrogen-bond acceptors (Lipinski definition) is 7. The molecule has 8 heteroatoms. The summed E-state index contributed by atoms with van der Waals surface area (Å²) in [5.41, 5.74) is -0.804. The molecule has 0 saturated heterocycles. The van der Waals surface area contributed by atoms with Crippen LogP contribution in [-0.2, 0) is 25.5 Å². The topological polar surface area (TPSA) is 89.5 Å². The Morgan fingerprint density at radius 2 is 2.19 bits per heavy atom. The van der Waals surface area contributed by atoms with E-state index in [4.69, 9.17) is 4.74 Å². The van der Waals surface area contributed by atoms with Crippen LogP contribution in [0.1, 0.15) is 44.6 Å². The van der Waals surface area contributed by atoms with Crippen LogP contribution in [0.4, 0.5) is 5.82 Å². The number of nitrogens with zero attached hydrogens (tertiary/aromatic N) is 3. The van der Waals surface area contributed by atoms with Crippen LogP contribution in [0, 0.1) is 5.41 Å². The minimum absolute atomic E-state index is 0.00777. The van der Waals surface area contributed by atoms with E-state index in [-0.39, 0.29) is 31.4 Å². The quantitative estimate of drug-likeness (QED) is 0.247. The smallest absolute Gasteiger partial charge is 0.322 e. The van der Waals surface area contributed by atoms with Gasteiger partial charge in [0.25, 0.3) is 0 Å². The predicted octanol–water partition coefficient (Wildman–Crippen LogP) is 2.17. The van der Waals surface area contributed by atoms with Crippen molar-refractivity contribution < 1.29 is 19.1 Å². The predicted molar refractivity (Wildman–Crippen MR) is 97.0 cm³/mol. The summed E-state index contributed by atoms with van der Waals surface area (Å²) >= 11 is 1.40. The first kappa shape index (κ1) is 18.8. The summed E-state index contributed by atoms with van der Waals surface area (Å²) in [6.45, 7) is 1.85. The highest BCUT2D eigenvalue weighted by Crippen LogP contribution is 2.43. The van der Waals surface area contributed by atoms with Crippen molar-refractivity contribution in [1.29, 1.82) is 0 Å². The lowest BCUT2D eigenvalue weighted by atomic mass is 9.75. The molecule has 2 aliphatic rings. The summed E-state index contributed by atoms with van der Waals surface area (Å²) < 4.78 is 5.19. The highest BCUT2D eigenvalue weighted by molar-refractivity contribution is 7.98. The molecule has 1 saturated carbocycles. The average molecular weight is 377 g/mol. The van der Waals surface area contributed by atoms with Gasteiger partial charge in [-0.25, -0.2) is 9.97 Å². The molecular weight excluding hydrogens is 354 g/mol. The highest BCUT2D eigenvalue weighted by atomic mass is 32.2. The van der Waals surface area contributed by atoms with E-state index >= 15 is 0 Å². The summed E-state index contributed by atoms with van der Waals surface area (Å²) in [5.74, 6) is -0.431. The summed E-state index contributed by atoms with van der Waals surface area (Å²) in [6, 6.07) is -0.00777. The minimum Gasteiger partial charge on any atom is -0.465 e. The van der Waals surface area contributed by atoms with Gasteiger partial charge in [-0.2, -0.15) is 0 Å². The van der Waals surface area contributed by atoms with E-state index in [1.807, 2.05) is 6.26 Å². The van der Waals surface area contributed by atoms with E-state index in [2.05, 4.69) is 9.97 Å². The Hall–Kier alpha value is -1.96. The third-order valence-electron chi connectivity index (χ3n) is 5.14. The molecule has 1 unspecified atom stereocenters. The number of anilines is 1. The number of hydrogen-bond donors (Lipinski definition) is 0. The number of aldehydes is 1. The molecule has 0 aromatic carbocycles. The molecule has 1 aromatic heterocycles. The second-order valence-corrected chi connectivity index (χ2v) is 7.44. The van der Waals surface area contributed by atoms with Gasteiger partial charge in [-0.3, -0.25) is 14.5 Å². The van der Waals surface area contributed by atoms with Crippen molar-refractivity contribution in [2.24, 2.45) is 5.41 Å². The van der Waals surface area contributed by atoms with Crippen LogP contribution in [0.5, 0.6) is 0 Å². The number of fused-ring (bicyclic) bond motifs is 1. The zero-order valence-corrected chi connectivity index (χ0v) is 15.9. The van der Waals surface area contributed by atoms with Crippen LogP contribution >= 0.6 is 11.8 Å². The molecule has 2 heterocycles. The Labute approximate surface area is 156 Å². The van der Waals surface area contributed by atoms with Gasteiger partial charge in [0.1, 0.15) is 12.1 Å². The van der Waals surface area contributed by atoms with Gasteiger partial charge in [-0.1, -0.05) is 24.6 Å². The van der Waals surface area contributed by atoms with Gasteiger partial charge in [0.15, 0.2) is 10.6 Å². The second kappa shape index (κ2) is 7.73. The van der Waals surface area contributed by atoms with Crippen LogP contribution < -0.4 is 4.90 Å². The Morgan fingerprint density at radius 1 is 1.46 bits per heavy atom. The molecule has 1 fully saturated rings. The van der Waals surface area contributed by atoms with Crippen molar-refractivity contribution in [2.75, 3.05) is 17.8 Å². The van der Waals surface area contributed by atoms with Gasteiger partial charge in [0.05, 0.1) is 6.61 Å². The Morgan fingerprint density at radius 3 is 2.81 bits per heavy atom. The van der Waals surface area contributed by atoms with Crippen molar-refractivity contribution in [3.63, 3.8) is 0 Å². The zero-order valence-electron chi connectivity index (χ0n) is 15.1. The Balaban J connectivity index is 2.13. The molecule has 140 valence electrons. The number of esters is 1. The maximum Gasteiger partial charge on any atom is 0.322 e. The van der Waals surface area contributed by atoms with Gasteiger partial charge in [0, 0.05) is 30.6 Å². The van der Waals surface area contributed by atoms with Crippen molar-refractivity contribution in [2.45, 2.75) is 56.6 Å². The maximum atomic E-state index is 13.5. The van der Waals surface area contributed by atoms with E-state index < -0.39 is 11.4 Å². The van der Waals surface area contributed by atoms with E-state index in [1.165, 1.54) is 11.8 Å². The molecule has 26 heavy (non-hydrogen) atoms. The van der Waals surface area contributed by atoms with Gasteiger partial charge in [-0.05, 0) is 26.0 Å². The second-order valence-electron chi connectivity index (χ2n) is 6.67. The van der Waals surface area contributed by atoms with E-state index in [0.717, 1.165) is 25.7 Å². The monoisotopic (exact) mass is 377 g/mol. The Kier molecular flexibility index (Phi) is 5.60. The number of thioether (sulfide) groups is 1. The van der Waals surface area contributed by atoms with Crippen LogP contribution in [0.25, 0.3) is 0 Å². The fourth-order valence-electron chi connectivity index (χ4n) is 3.86. The van der Waals surface area contributed by atoms with Crippen molar-refractivity contribution in [1.82, 2.24) is 9.97 Å². The molecule has 1 aliphatic carbocycles. The fraction of sp³-hybridized carbons (Fsp3) is 0.611. The molecule has 7 nitrogen and oxygen atoms in total. The number of amides is 1. The molecule has 1 amide bonds. The van der Waals surface area contributed by atoms with E-state index in [1.54, 1.807) is 18.0 Å². The summed E-state index contributed by atoms with van der Waals surface area (Å²) in [4.78, 5) is 48.1. The van der Waals surface area contributed by atoms with Gasteiger partial charge >= 0.3 is 5.97 Å². The number of rotatable bonds is 6. The lowest BCUT2D eigenvalue weighted by Gasteiger charge is -2.41. The SMILES string of the molecule is CCOC(=O)C1(CC=O)Cc2cnc(SC)nc2N(C2CCCC2)C1=O. The first-order valence-electron chi connectivity index (χ1n) is 8.91. The standard InChI is InChI=1S/C18H23N3O4S/c1-3-25-16(24)18(8-9-22)10-12-11-19-17(26-2)20-14(12)21(15(18)23)13-6-4-5-7-13/h9,11,13H,3-8,10H2,1-2H3. The third-order valence-corrected chi connectivity index (χ3v) is 5.70. The molecule has 0 radical (unpaired) electrons. The first-order chi connectivity index (χ1) is 12.6. The van der Waals surface area contributed by atoms with Crippen molar-refractivity contribution in [3.05, 3.63) is 11.8 Å². The van der Waals surface area contributed by atoms with Crippen LogP contribution in [0.15, 0.2) is 11.4 Å². The van der Waals surface area contributed by atoms with Gasteiger partial charge < -0.3 is 9.53 Å². The molecule has 1 aliphatic heterocycles. The van der Waals surface area contributed by atoms with Crippen LogP contribution in [0.2, 0.25) is 0 Å². The summed E-state index contributed by atoms with van der Waals surface area (Å²) in [7, 11) is 0. The molecular formula is C18H23N3O4S. The molecule has 0 bridgehead atoms. The lowest BCUT2D eigenvalue weighted by molar-refractivity contribution is -0.162. The van der Waals surface area contributed by atoms with Crippen molar-refractivity contribution in [3.8, 4) is 0 Å². The van der Waals surface area contributed by atoms with E-state index in [0.29, 0.717) is 22.8 Å². The largest absolute Gasteiger partial charge is 0.465 e.